The van der Waals surface area contributed by atoms with Crippen molar-refractivity contribution in [3.63, 3.8) is 0 Å². The maximum Gasteiger partial charge on any atom is 0.138 e. The molecule has 1 saturated heterocycles. The summed E-state index contributed by atoms with van der Waals surface area (Å²) in [6, 6.07) is 12.7. The molecule has 33 heavy (non-hydrogen) atoms. The topological polar surface area (TPSA) is 83.4 Å². The second kappa shape index (κ2) is 13.2. The highest BCUT2D eigenvalue weighted by Gasteiger charge is 2.22. The molecule has 2 atom stereocenters. The minimum atomic E-state index is -0.614. The number of nitrogens with zero attached hydrogens (tertiary/aromatic N) is 1. The summed E-state index contributed by atoms with van der Waals surface area (Å²) in [7, 11) is 1.61. The second-order valence-electron chi connectivity index (χ2n) is 8.17. The molecule has 7 nitrogen and oxygen atoms in total. The van der Waals surface area contributed by atoms with Gasteiger partial charge in [-0.25, -0.2) is 0 Å². The smallest absolute Gasteiger partial charge is 0.138 e. The van der Waals surface area contributed by atoms with Crippen LogP contribution in [0.1, 0.15) is 12.8 Å². The van der Waals surface area contributed by atoms with Gasteiger partial charge in [0.05, 0.1) is 12.1 Å². The molecule has 2 aromatic carbocycles. The predicted octanol–water partition coefficient (Wildman–Crippen LogP) is 3.24. The molecule has 0 aromatic heterocycles. The number of methoxy groups -OCH3 is 1. The Morgan fingerprint density at radius 3 is 2.45 bits per heavy atom. The maximum absolute atomic E-state index is 10.3. The Hall–Kier alpha value is -1.74. The standard InChI is InChI=1S/C24H32Cl2N2O5/c1-31-21-3-2-4-22(12-21)32-15-19(29)13-27-18-7-9-28(10-8-18)14-20(30)16-33-24-6-5-17(25)11-23(24)26/h2-6,11-12,18-20,27,29-30H,7-10,13-16H2,1H3/t19-,20+/m0/s1. The highest BCUT2D eigenvalue weighted by molar-refractivity contribution is 6.35. The van der Waals surface area contributed by atoms with Crippen molar-refractivity contribution in [2.75, 3.05) is 46.5 Å². The van der Waals surface area contributed by atoms with Gasteiger partial charge >= 0.3 is 0 Å². The van der Waals surface area contributed by atoms with Crippen LogP contribution >= 0.6 is 23.2 Å². The summed E-state index contributed by atoms with van der Waals surface area (Å²) in [5.41, 5.74) is 0. The minimum Gasteiger partial charge on any atom is -0.497 e. The van der Waals surface area contributed by atoms with E-state index in [9.17, 15) is 10.2 Å². The van der Waals surface area contributed by atoms with E-state index in [4.69, 9.17) is 37.4 Å². The Bertz CT molecular complexity index is 864. The number of hydrogen-bond donors (Lipinski definition) is 3. The van der Waals surface area contributed by atoms with Crippen LogP contribution in [0.2, 0.25) is 10.0 Å². The van der Waals surface area contributed by atoms with E-state index in [0.717, 1.165) is 31.7 Å². The lowest BCUT2D eigenvalue weighted by Gasteiger charge is -2.33. The molecule has 3 rings (SSSR count). The first-order chi connectivity index (χ1) is 15.9. The number of benzene rings is 2. The molecule has 182 valence electrons. The molecule has 9 heteroatoms. The number of nitrogens with one attached hydrogen (secondary N) is 1. The van der Waals surface area contributed by atoms with Gasteiger partial charge in [-0.15, -0.1) is 0 Å². The fourth-order valence-corrected chi connectivity index (χ4v) is 4.16. The first-order valence-electron chi connectivity index (χ1n) is 11.1. The van der Waals surface area contributed by atoms with Gasteiger partial charge in [0.2, 0.25) is 0 Å². The Balaban J connectivity index is 1.29. The number of piperidine rings is 1. The van der Waals surface area contributed by atoms with Crippen LogP contribution < -0.4 is 19.5 Å². The molecule has 1 aliphatic rings. The van der Waals surface area contributed by atoms with Crippen LogP contribution in [0, 0.1) is 0 Å². The molecule has 0 spiro atoms. The number of aliphatic hydroxyl groups excluding tert-OH is 2. The molecule has 3 N–H and O–H groups in total. The van der Waals surface area contributed by atoms with Crippen LogP contribution in [0.5, 0.6) is 17.2 Å². The van der Waals surface area contributed by atoms with Gasteiger partial charge in [0, 0.05) is 30.2 Å². The average molecular weight is 499 g/mol. The fraction of sp³-hybridized carbons (Fsp3) is 0.500. The van der Waals surface area contributed by atoms with Crippen molar-refractivity contribution < 1.29 is 24.4 Å². The second-order valence-corrected chi connectivity index (χ2v) is 9.01. The van der Waals surface area contributed by atoms with Gasteiger partial charge in [-0.2, -0.15) is 0 Å². The molecule has 0 saturated carbocycles. The van der Waals surface area contributed by atoms with E-state index in [1.165, 1.54) is 0 Å². The van der Waals surface area contributed by atoms with Crippen LogP contribution in [-0.2, 0) is 0 Å². The molecule has 1 aliphatic heterocycles. The molecule has 0 aliphatic carbocycles. The summed E-state index contributed by atoms with van der Waals surface area (Å²) in [5, 5.41) is 25.0. The lowest BCUT2D eigenvalue weighted by molar-refractivity contribution is 0.0556. The highest BCUT2D eigenvalue weighted by atomic mass is 35.5. The number of β-amino-alcohol motifs (C(OH)–C–C–N with tert-alkyl or cyclic N) is 1. The van der Waals surface area contributed by atoms with E-state index in [-0.39, 0.29) is 13.2 Å². The van der Waals surface area contributed by atoms with E-state index in [0.29, 0.717) is 40.7 Å². The third-order valence-corrected chi connectivity index (χ3v) is 6.04. The minimum absolute atomic E-state index is 0.166. The SMILES string of the molecule is COc1cccc(OC[C@@H](O)CNC2CCN(C[C@@H](O)COc3ccc(Cl)cc3Cl)CC2)c1. The number of rotatable bonds is 12. The Labute approximate surface area is 205 Å². The largest absolute Gasteiger partial charge is 0.497 e. The zero-order valence-electron chi connectivity index (χ0n) is 18.8. The molecular formula is C24H32Cl2N2O5. The fourth-order valence-electron chi connectivity index (χ4n) is 3.69. The Morgan fingerprint density at radius 2 is 1.73 bits per heavy atom. The summed E-state index contributed by atoms with van der Waals surface area (Å²) in [6.07, 6.45) is 0.671. The number of hydrogen-bond acceptors (Lipinski definition) is 7. The van der Waals surface area contributed by atoms with E-state index in [1.54, 1.807) is 31.4 Å². The van der Waals surface area contributed by atoms with Crippen molar-refractivity contribution in [3.8, 4) is 17.2 Å². The molecule has 0 bridgehead atoms. The molecule has 1 heterocycles. The quantitative estimate of drug-likeness (QED) is 0.414. The maximum atomic E-state index is 10.3. The Kier molecular flexibility index (Phi) is 10.4. The zero-order chi connectivity index (χ0) is 23.6. The van der Waals surface area contributed by atoms with E-state index >= 15 is 0 Å². The van der Waals surface area contributed by atoms with Crippen molar-refractivity contribution >= 4 is 23.2 Å². The van der Waals surface area contributed by atoms with Gasteiger partial charge in [-0.05, 0) is 56.3 Å². The lowest BCUT2D eigenvalue weighted by Crippen LogP contribution is -2.47. The first-order valence-corrected chi connectivity index (χ1v) is 11.8. The lowest BCUT2D eigenvalue weighted by atomic mass is 10.0. The van der Waals surface area contributed by atoms with Gasteiger partial charge in [0.1, 0.15) is 42.7 Å². The third-order valence-electron chi connectivity index (χ3n) is 5.51. The van der Waals surface area contributed by atoms with Crippen molar-refractivity contribution in [3.05, 3.63) is 52.5 Å². The summed E-state index contributed by atoms with van der Waals surface area (Å²) in [5.74, 6) is 1.90. The molecular weight excluding hydrogens is 467 g/mol. The van der Waals surface area contributed by atoms with E-state index in [1.807, 2.05) is 18.2 Å². The summed E-state index contributed by atoms with van der Waals surface area (Å²) < 4.78 is 16.4. The monoisotopic (exact) mass is 498 g/mol. The molecule has 0 radical (unpaired) electrons. The predicted molar refractivity (Wildman–Crippen MR) is 130 cm³/mol. The summed E-state index contributed by atoms with van der Waals surface area (Å²) in [4.78, 5) is 2.22. The first kappa shape index (κ1) is 25.9. The number of ether oxygens (including phenoxy) is 3. The molecule has 0 unspecified atom stereocenters. The van der Waals surface area contributed by atoms with Crippen molar-refractivity contribution in [1.82, 2.24) is 10.2 Å². The van der Waals surface area contributed by atoms with Crippen LogP contribution in [0.15, 0.2) is 42.5 Å². The molecule has 1 fully saturated rings. The third kappa shape index (κ3) is 8.85. The van der Waals surface area contributed by atoms with E-state index in [2.05, 4.69) is 10.2 Å². The molecule has 2 aromatic rings. The number of aliphatic hydroxyl groups is 2. The zero-order valence-corrected chi connectivity index (χ0v) is 20.3. The van der Waals surface area contributed by atoms with Gasteiger partial charge in [-0.3, -0.25) is 0 Å². The van der Waals surface area contributed by atoms with Crippen LogP contribution in [0.3, 0.4) is 0 Å². The average Bonchev–Trinajstić information content (AvgIpc) is 2.82. The number of likely N-dealkylation sites (tertiary alicyclic amines) is 1. The van der Waals surface area contributed by atoms with Crippen molar-refractivity contribution in [2.45, 2.75) is 31.1 Å². The van der Waals surface area contributed by atoms with Crippen molar-refractivity contribution in [2.24, 2.45) is 0 Å². The van der Waals surface area contributed by atoms with Gasteiger partial charge in [0.15, 0.2) is 0 Å². The van der Waals surface area contributed by atoms with Crippen molar-refractivity contribution in [1.29, 1.82) is 0 Å². The highest BCUT2D eigenvalue weighted by Crippen LogP contribution is 2.27. The Morgan fingerprint density at radius 1 is 1.00 bits per heavy atom. The van der Waals surface area contributed by atoms with E-state index < -0.39 is 12.2 Å². The van der Waals surface area contributed by atoms with Crippen LogP contribution in [0.4, 0.5) is 0 Å². The van der Waals surface area contributed by atoms with Gasteiger partial charge in [-0.1, -0.05) is 29.3 Å². The number of halogens is 2. The van der Waals surface area contributed by atoms with Crippen LogP contribution in [-0.4, -0.2) is 79.9 Å². The summed E-state index contributed by atoms with van der Waals surface area (Å²) in [6.45, 7) is 3.11. The summed E-state index contributed by atoms with van der Waals surface area (Å²) >= 11 is 12.0. The molecule has 0 amide bonds. The van der Waals surface area contributed by atoms with Gasteiger partial charge < -0.3 is 34.6 Å². The normalized spacial score (nSPS) is 16.9. The van der Waals surface area contributed by atoms with Gasteiger partial charge in [0.25, 0.3) is 0 Å². The van der Waals surface area contributed by atoms with Crippen LogP contribution in [0.25, 0.3) is 0 Å².